The average Bonchev–Trinajstić information content (AvgIpc) is 3.17. The van der Waals surface area contributed by atoms with Crippen molar-refractivity contribution in [3.05, 3.63) is 45.7 Å². The van der Waals surface area contributed by atoms with Crippen LogP contribution in [0.5, 0.6) is 0 Å². The van der Waals surface area contributed by atoms with E-state index in [4.69, 9.17) is 23.2 Å². The van der Waals surface area contributed by atoms with E-state index in [9.17, 15) is 18.3 Å². The van der Waals surface area contributed by atoms with Crippen molar-refractivity contribution in [1.82, 2.24) is 24.6 Å². The van der Waals surface area contributed by atoms with Crippen LogP contribution >= 0.6 is 23.2 Å². The summed E-state index contributed by atoms with van der Waals surface area (Å²) in [5.74, 6) is 1.52. The fourth-order valence-corrected chi connectivity index (χ4v) is 6.06. The number of hydrogen-bond acceptors (Lipinski definition) is 6. The largest absolute Gasteiger partial charge is 0.437 e. The van der Waals surface area contributed by atoms with E-state index in [2.05, 4.69) is 24.9 Å². The maximum Gasteiger partial charge on any atom is 0.437 e. The van der Waals surface area contributed by atoms with Crippen LogP contribution in [0, 0.1) is 11.8 Å². The monoisotopic (exact) mass is 556 g/mol. The van der Waals surface area contributed by atoms with Crippen LogP contribution < -0.4 is 4.90 Å². The van der Waals surface area contributed by atoms with E-state index in [1.54, 1.807) is 32.0 Å². The fourth-order valence-electron chi connectivity index (χ4n) is 5.50. The van der Waals surface area contributed by atoms with Crippen molar-refractivity contribution in [2.75, 3.05) is 37.6 Å². The molecule has 1 aromatic carbocycles. The first-order valence-electron chi connectivity index (χ1n) is 12.4. The third kappa shape index (κ3) is 5.39. The normalized spacial score (nSPS) is 21.3. The van der Waals surface area contributed by atoms with E-state index in [-0.39, 0.29) is 17.3 Å². The molecule has 3 aromatic rings. The molecule has 5 rings (SSSR count). The molecule has 0 amide bonds. The van der Waals surface area contributed by atoms with Gasteiger partial charge in [-0.15, -0.1) is 0 Å². The first-order valence-corrected chi connectivity index (χ1v) is 13.2. The third-order valence-electron chi connectivity index (χ3n) is 7.40. The van der Waals surface area contributed by atoms with Gasteiger partial charge in [-0.2, -0.15) is 18.3 Å². The minimum Gasteiger partial charge on any atom is -0.392 e. The molecule has 4 heterocycles. The fraction of sp³-hybridized carbons (Fsp3) is 0.560. The van der Waals surface area contributed by atoms with E-state index in [0.29, 0.717) is 39.8 Å². The highest BCUT2D eigenvalue weighted by atomic mass is 35.5. The Morgan fingerprint density at radius 3 is 2.57 bits per heavy atom. The molecule has 2 fully saturated rings. The SMILES string of the molecule is CC(O)CN1CCCC(C2CN(c3cnc4c(C(F)(F)F)nn(C(C)c5ccc(Cl)cc5Cl)c4n3)C2)C1. The second-order valence-electron chi connectivity index (χ2n) is 10.2. The predicted molar refractivity (Wildman–Crippen MR) is 137 cm³/mol. The number of nitrogens with zero attached hydrogens (tertiary/aromatic N) is 6. The summed E-state index contributed by atoms with van der Waals surface area (Å²) in [6.45, 7) is 7.70. The third-order valence-corrected chi connectivity index (χ3v) is 7.97. The molecule has 37 heavy (non-hydrogen) atoms. The highest BCUT2D eigenvalue weighted by Gasteiger charge is 2.40. The van der Waals surface area contributed by atoms with Crippen molar-refractivity contribution in [1.29, 1.82) is 0 Å². The van der Waals surface area contributed by atoms with Crippen molar-refractivity contribution in [3.8, 4) is 0 Å². The van der Waals surface area contributed by atoms with Crippen LogP contribution in [0.25, 0.3) is 11.2 Å². The number of aliphatic hydroxyl groups excluding tert-OH is 1. The summed E-state index contributed by atoms with van der Waals surface area (Å²) in [4.78, 5) is 13.1. The Kier molecular flexibility index (Phi) is 7.30. The van der Waals surface area contributed by atoms with E-state index >= 15 is 0 Å². The van der Waals surface area contributed by atoms with Crippen LogP contribution in [0.4, 0.5) is 19.0 Å². The lowest BCUT2D eigenvalue weighted by molar-refractivity contribution is -0.140. The first-order chi connectivity index (χ1) is 17.5. The van der Waals surface area contributed by atoms with Crippen molar-refractivity contribution >= 4 is 40.2 Å². The summed E-state index contributed by atoms with van der Waals surface area (Å²) in [5.41, 5.74) is -0.710. The zero-order valence-electron chi connectivity index (χ0n) is 20.6. The van der Waals surface area contributed by atoms with Crippen LogP contribution in [-0.4, -0.2) is 68.6 Å². The number of fused-ring (bicyclic) bond motifs is 1. The summed E-state index contributed by atoms with van der Waals surface area (Å²) < 4.78 is 42.7. The van der Waals surface area contributed by atoms with Gasteiger partial charge in [-0.25, -0.2) is 14.6 Å². The molecule has 0 saturated carbocycles. The summed E-state index contributed by atoms with van der Waals surface area (Å²) >= 11 is 12.4. The number of aromatic nitrogens is 4. The number of anilines is 1. The maximum absolute atomic E-state index is 13.8. The summed E-state index contributed by atoms with van der Waals surface area (Å²) in [5, 5.41) is 14.4. The lowest BCUT2D eigenvalue weighted by Gasteiger charge is -2.47. The van der Waals surface area contributed by atoms with Gasteiger partial charge < -0.3 is 14.9 Å². The van der Waals surface area contributed by atoms with Gasteiger partial charge in [0.1, 0.15) is 11.3 Å². The standard InChI is InChI=1S/C25H29Cl2F3N6O/c1-14(37)10-34-7-3-4-16(11-34)17-12-35(13-17)21-9-31-22-23(25(28,29)30)33-36(24(22)32-21)15(2)19-6-5-18(26)8-20(19)27/h5-6,8-9,14-17,37H,3-4,7,10-13H2,1-2H3. The zero-order valence-corrected chi connectivity index (χ0v) is 22.1. The number of halogens is 5. The van der Waals surface area contributed by atoms with E-state index in [1.807, 2.05) is 0 Å². The molecule has 1 N–H and O–H groups in total. The second kappa shape index (κ2) is 10.2. The number of likely N-dealkylation sites (tertiary alicyclic amines) is 1. The van der Waals surface area contributed by atoms with E-state index in [0.717, 1.165) is 39.0 Å². The van der Waals surface area contributed by atoms with Crippen LogP contribution in [0.2, 0.25) is 10.0 Å². The number of benzene rings is 1. The molecule has 3 unspecified atom stereocenters. The number of piperidine rings is 1. The molecule has 2 aliphatic rings. The summed E-state index contributed by atoms with van der Waals surface area (Å²) in [7, 11) is 0. The molecular weight excluding hydrogens is 528 g/mol. The minimum atomic E-state index is -4.68. The van der Waals surface area contributed by atoms with Crippen LogP contribution in [0.3, 0.4) is 0 Å². The molecule has 12 heteroatoms. The lowest BCUT2D eigenvalue weighted by Crippen LogP contribution is -2.54. The Morgan fingerprint density at radius 1 is 1.14 bits per heavy atom. The lowest BCUT2D eigenvalue weighted by atomic mass is 9.80. The number of rotatable bonds is 6. The predicted octanol–water partition coefficient (Wildman–Crippen LogP) is 5.29. The summed E-state index contributed by atoms with van der Waals surface area (Å²) in [6.07, 6.45) is -1.38. The van der Waals surface area contributed by atoms with Gasteiger partial charge in [0.2, 0.25) is 0 Å². The Morgan fingerprint density at radius 2 is 1.89 bits per heavy atom. The number of β-amino-alcohol motifs (C(OH)–C–C–N with tert-alkyl or cyclic N) is 1. The smallest absolute Gasteiger partial charge is 0.392 e. The Balaban J connectivity index is 1.40. The van der Waals surface area contributed by atoms with Crippen LogP contribution in [0.1, 0.15) is 44.0 Å². The maximum atomic E-state index is 13.8. The molecule has 2 saturated heterocycles. The molecule has 7 nitrogen and oxygen atoms in total. The topological polar surface area (TPSA) is 70.3 Å². The molecule has 3 atom stereocenters. The number of hydrogen-bond donors (Lipinski definition) is 1. The average molecular weight is 557 g/mol. The molecule has 0 spiro atoms. The minimum absolute atomic E-state index is 0.0626. The van der Waals surface area contributed by atoms with E-state index < -0.39 is 17.9 Å². The highest BCUT2D eigenvalue weighted by Crippen LogP contribution is 2.38. The number of alkyl halides is 3. The first kappa shape index (κ1) is 26.5. The molecule has 200 valence electrons. The van der Waals surface area contributed by atoms with Crippen LogP contribution in [-0.2, 0) is 6.18 Å². The van der Waals surface area contributed by atoms with Gasteiger partial charge in [0.25, 0.3) is 0 Å². The van der Waals surface area contributed by atoms with Gasteiger partial charge in [-0.3, -0.25) is 0 Å². The second-order valence-corrected chi connectivity index (χ2v) is 11.1. The molecule has 2 aliphatic heterocycles. The van der Waals surface area contributed by atoms with Crippen molar-refractivity contribution in [2.24, 2.45) is 11.8 Å². The molecule has 2 aromatic heterocycles. The Hall–Kier alpha value is -2.14. The number of aliphatic hydroxyl groups is 1. The Labute approximate surface area is 223 Å². The Bertz CT molecular complexity index is 1280. The molecule has 0 aliphatic carbocycles. The van der Waals surface area contributed by atoms with Crippen molar-refractivity contribution in [3.63, 3.8) is 0 Å². The summed E-state index contributed by atoms with van der Waals surface area (Å²) in [6, 6.07) is 4.24. The van der Waals surface area contributed by atoms with Gasteiger partial charge in [-0.1, -0.05) is 29.3 Å². The zero-order chi connectivity index (χ0) is 26.5. The van der Waals surface area contributed by atoms with Gasteiger partial charge in [0, 0.05) is 36.2 Å². The van der Waals surface area contributed by atoms with Crippen LogP contribution in [0.15, 0.2) is 24.4 Å². The van der Waals surface area contributed by atoms with Gasteiger partial charge in [-0.05, 0) is 62.8 Å². The molecule has 0 bridgehead atoms. The van der Waals surface area contributed by atoms with Gasteiger partial charge in [0.05, 0.1) is 18.3 Å². The van der Waals surface area contributed by atoms with Gasteiger partial charge in [0.15, 0.2) is 11.3 Å². The van der Waals surface area contributed by atoms with Crippen molar-refractivity contribution in [2.45, 2.75) is 45.0 Å². The van der Waals surface area contributed by atoms with Crippen molar-refractivity contribution < 1.29 is 18.3 Å². The molecule has 0 radical (unpaired) electrons. The van der Waals surface area contributed by atoms with Gasteiger partial charge >= 0.3 is 6.18 Å². The van der Waals surface area contributed by atoms with E-state index in [1.165, 1.54) is 10.9 Å². The molecular formula is C25H29Cl2F3N6O. The highest BCUT2D eigenvalue weighted by molar-refractivity contribution is 6.35. The quantitative estimate of drug-likeness (QED) is 0.444.